The summed E-state index contributed by atoms with van der Waals surface area (Å²) >= 11 is 0. The second-order valence-electron chi connectivity index (χ2n) is 6.87. The monoisotopic (exact) mass is 409 g/mol. The number of benzene rings is 2. The van der Waals surface area contributed by atoms with Crippen LogP contribution in [0.4, 0.5) is 0 Å². The molecule has 1 aliphatic rings. The number of hydrogen-bond donors (Lipinski definition) is 2. The normalized spacial score (nSPS) is 13.6. The lowest BCUT2D eigenvalue weighted by molar-refractivity contribution is -0.125. The van der Waals surface area contributed by atoms with Gasteiger partial charge in [0.25, 0.3) is 11.8 Å². The molecule has 0 spiro atoms. The van der Waals surface area contributed by atoms with Crippen LogP contribution in [0.1, 0.15) is 33.2 Å². The average molecular weight is 409 g/mol. The van der Waals surface area contributed by atoms with Gasteiger partial charge in [-0.25, -0.2) is 0 Å². The Morgan fingerprint density at radius 2 is 1.50 bits per heavy atom. The highest BCUT2D eigenvalue weighted by molar-refractivity contribution is 6.22. The van der Waals surface area contributed by atoms with Gasteiger partial charge < -0.3 is 15.4 Å². The molecule has 3 rings (SSSR count). The number of nitrogens with zero attached hydrogens (tertiary/aromatic N) is 1. The number of rotatable bonds is 8. The lowest BCUT2D eigenvalue weighted by Crippen LogP contribution is -2.49. The summed E-state index contributed by atoms with van der Waals surface area (Å²) in [6, 6.07) is 12.7. The van der Waals surface area contributed by atoms with Crippen molar-refractivity contribution in [1.82, 2.24) is 15.5 Å². The van der Waals surface area contributed by atoms with Crippen molar-refractivity contribution in [2.24, 2.45) is 0 Å². The van der Waals surface area contributed by atoms with Crippen LogP contribution in [0.5, 0.6) is 5.75 Å². The summed E-state index contributed by atoms with van der Waals surface area (Å²) in [6.45, 7) is 1.91. The van der Waals surface area contributed by atoms with Gasteiger partial charge in [-0.1, -0.05) is 24.3 Å². The Balaban J connectivity index is 1.44. The molecule has 0 bridgehead atoms. The van der Waals surface area contributed by atoms with Gasteiger partial charge in [0.2, 0.25) is 11.8 Å². The number of amides is 4. The first-order chi connectivity index (χ1) is 14.4. The standard InChI is InChI=1S/C22H23N3O5/c1-14(25-21(28)17-5-3-4-6-18(17)22(25)29)20(27)24-12-11-23-19(26)13-15-7-9-16(30-2)10-8-15/h3-10,14H,11-13H2,1-2H3,(H,23,26)(H,24,27). The van der Waals surface area contributed by atoms with Gasteiger partial charge in [-0.15, -0.1) is 0 Å². The second-order valence-corrected chi connectivity index (χ2v) is 6.87. The fraction of sp³-hybridized carbons (Fsp3) is 0.273. The van der Waals surface area contributed by atoms with Crippen molar-refractivity contribution in [2.45, 2.75) is 19.4 Å². The van der Waals surface area contributed by atoms with Crippen molar-refractivity contribution in [1.29, 1.82) is 0 Å². The Kier molecular flexibility index (Phi) is 6.46. The van der Waals surface area contributed by atoms with Gasteiger partial charge in [0.1, 0.15) is 11.8 Å². The number of ether oxygens (including phenoxy) is 1. The topological polar surface area (TPSA) is 105 Å². The molecule has 0 saturated carbocycles. The molecule has 1 atom stereocenters. The fourth-order valence-corrected chi connectivity index (χ4v) is 3.20. The smallest absolute Gasteiger partial charge is 0.262 e. The number of imide groups is 1. The molecular formula is C22H23N3O5. The third kappa shape index (κ3) is 4.48. The summed E-state index contributed by atoms with van der Waals surface area (Å²) < 4.78 is 5.08. The minimum atomic E-state index is -0.951. The molecule has 8 heteroatoms. The van der Waals surface area contributed by atoms with Crippen LogP contribution in [0.2, 0.25) is 0 Å². The maximum Gasteiger partial charge on any atom is 0.262 e. The maximum atomic E-state index is 12.4. The summed E-state index contributed by atoms with van der Waals surface area (Å²) in [7, 11) is 1.57. The Morgan fingerprint density at radius 1 is 0.933 bits per heavy atom. The molecule has 1 heterocycles. The van der Waals surface area contributed by atoms with Crippen LogP contribution < -0.4 is 15.4 Å². The van der Waals surface area contributed by atoms with Crippen molar-refractivity contribution in [3.63, 3.8) is 0 Å². The Labute approximate surface area is 174 Å². The van der Waals surface area contributed by atoms with E-state index in [1.807, 2.05) is 12.1 Å². The van der Waals surface area contributed by atoms with Crippen LogP contribution in [0.25, 0.3) is 0 Å². The zero-order valence-electron chi connectivity index (χ0n) is 16.8. The first kappa shape index (κ1) is 21.0. The van der Waals surface area contributed by atoms with E-state index >= 15 is 0 Å². The second kappa shape index (κ2) is 9.21. The largest absolute Gasteiger partial charge is 0.497 e. The predicted molar refractivity (Wildman–Crippen MR) is 109 cm³/mol. The van der Waals surface area contributed by atoms with Gasteiger partial charge in [0.05, 0.1) is 24.7 Å². The number of methoxy groups -OCH3 is 1. The molecule has 2 aromatic carbocycles. The van der Waals surface area contributed by atoms with Crippen LogP contribution in [0, 0.1) is 0 Å². The van der Waals surface area contributed by atoms with Crippen LogP contribution in [-0.2, 0) is 16.0 Å². The average Bonchev–Trinajstić information content (AvgIpc) is 3.01. The van der Waals surface area contributed by atoms with Gasteiger partial charge in [-0.3, -0.25) is 24.1 Å². The molecule has 2 N–H and O–H groups in total. The SMILES string of the molecule is COc1ccc(CC(=O)NCCNC(=O)C(C)N2C(=O)c3ccccc3C2=O)cc1. The Morgan fingerprint density at radius 3 is 2.07 bits per heavy atom. The molecule has 0 fully saturated rings. The van der Waals surface area contributed by atoms with Crippen molar-refractivity contribution < 1.29 is 23.9 Å². The molecule has 30 heavy (non-hydrogen) atoms. The number of carbonyl (C=O) groups is 4. The van der Waals surface area contributed by atoms with Gasteiger partial charge >= 0.3 is 0 Å². The first-order valence-electron chi connectivity index (χ1n) is 9.56. The highest BCUT2D eigenvalue weighted by Gasteiger charge is 2.40. The van der Waals surface area contributed by atoms with Gasteiger partial charge in [0.15, 0.2) is 0 Å². The lowest BCUT2D eigenvalue weighted by Gasteiger charge is -2.21. The minimum Gasteiger partial charge on any atom is -0.497 e. The van der Waals surface area contributed by atoms with Crippen LogP contribution in [-0.4, -0.2) is 54.8 Å². The third-order valence-corrected chi connectivity index (χ3v) is 4.86. The van der Waals surface area contributed by atoms with E-state index in [4.69, 9.17) is 4.74 Å². The van der Waals surface area contributed by atoms with E-state index in [9.17, 15) is 19.2 Å². The van der Waals surface area contributed by atoms with E-state index in [0.717, 1.165) is 10.5 Å². The number of hydrogen-bond acceptors (Lipinski definition) is 5. The third-order valence-electron chi connectivity index (χ3n) is 4.86. The van der Waals surface area contributed by atoms with E-state index < -0.39 is 23.8 Å². The highest BCUT2D eigenvalue weighted by Crippen LogP contribution is 2.24. The van der Waals surface area contributed by atoms with Crippen LogP contribution in [0.3, 0.4) is 0 Å². The zero-order chi connectivity index (χ0) is 21.7. The lowest BCUT2D eigenvalue weighted by atomic mass is 10.1. The van der Waals surface area contributed by atoms with E-state index in [0.29, 0.717) is 16.9 Å². The molecule has 8 nitrogen and oxygen atoms in total. The molecule has 0 radical (unpaired) electrons. The van der Waals surface area contributed by atoms with E-state index in [1.54, 1.807) is 43.5 Å². The van der Waals surface area contributed by atoms with E-state index in [2.05, 4.69) is 10.6 Å². The molecule has 0 aliphatic carbocycles. The maximum absolute atomic E-state index is 12.4. The van der Waals surface area contributed by atoms with E-state index in [-0.39, 0.29) is 25.4 Å². The molecular weight excluding hydrogens is 386 g/mol. The Bertz CT molecular complexity index is 936. The first-order valence-corrected chi connectivity index (χ1v) is 9.56. The summed E-state index contributed by atoms with van der Waals surface area (Å²) in [4.78, 5) is 50.3. The molecule has 1 unspecified atom stereocenters. The summed E-state index contributed by atoms with van der Waals surface area (Å²) in [5.41, 5.74) is 1.44. The number of carbonyl (C=O) groups excluding carboxylic acids is 4. The van der Waals surface area contributed by atoms with Crippen molar-refractivity contribution in [3.8, 4) is 5.75 Å². The van der Waals surface area contributed by atoms with E-state index in [1.165, 1.54) is 6.92 Å². The number of nitrogens with one attached hydrogen (secondary N) is 2. The highest BCUT2D eigenvalue weighted by atomic mass is 16.5. The van der Waals surface area contributed by atoms with Crippen molar-refractivity contribution in [2.75, 3.05) is 20.2 Å². The number of fused-ring (bicyclic) bond motifs is 1. The van der Waals surface area contributed by atoms with Gasteiger partial charge in [-0.05, 0) is 36.8 Å². The molecule has 1 aliphatic heterocycles. The van der Waals surface area contributed by atoms with Crippen LogP contribution in [0.15, 0.2) is 48.5 Å². The quantitative estimate of drug-likeness (QED) is 0.503. The zero-order valence-corrected chi connectivity index (χ0v) is 16.8. The molecule has 2 aromatic rings. The summed E-state index contributed by atoms with van der Waals surface area (Å²) in [6.07, 6.45) is 0.212. The van der Waals surface area contributed by atoms with Gasteiger partial charge in [0, 0.05) is 13.1 Å². The fourth-order valence-electron chi connectivity index (χ4n) is 3.20. The molecule has 0 aromatic heterocycles. The molecule has 156 valence electrons. The summed E-state index contributed by atoms with van der Waals surface area (Å²) in [5, 5.41) is 5.37. The van der Waals surface area contributed by atoms with Crippen molar-refractivity contribution >= 4 is 23.6 Å². The summed E-state index contributed by atoms with van der Waals surface area (Å²) in [5.74, 6) is -0.886. The molecule has 4 amide bonds. The minimum absolute atomic E-state index is 0.178. The van der Waals surface area contributed by atoms with Crippen LogP contribution >= 0.6 is 0 Å². The molecule has 0 saturated heterocycles. The van der Waals surface area contributed by atoms with Gasteiger partial charge in [-0.2, -0.15) is 0 Å². The van der Waals surface area contributed by atoms with Crippen molar-refractivity contribution in [3.05, 3.63) is 65.2 Å². The predicted octanol–water partition coefficient (Wildman–Crippen LogP) is 1.15. The Hall–Kier alpha value is -3.68.